The van der Waals surface area contributed by atoms with Gasteiger partial charge in [-0.25, -0.2) is 0 Å². The van der Waals surface area contributed by atoms with Crippen molar-refractivity contribution in [2.75, 3.05) is 29.5 Å². The summed E-state index contributed by atoms with van der Waals surface area (Å²) in [6.45, 7) is 18.4. The van der Waals surface area contributed by atoms with Crippen LogP contribution in [-0.4, -0.2) is 69.0 Å². The Labute approximate surface area is 272 Å². The summed E-state index contributed by atoms with van der Waals surface area (Å²) >= 11 is 1.66. The number of likely N-dealkylation sites (tertiary alicyclic amines) is 1. The van der Waals surface area contributed by atoms with E-state index in [1.54, 1.807) is 38.6 Å². The van der Waals surface area contributed by atoms with Crippen molar-refractivity contribution >= 4 is 40.9 Å². The van der Waals surface area contributed by atoms with Crippen molar-refractivity contribution in [3.05, 3.63) is 85.0 Å². The number of aryl methyl sites for hydroxylation is 2. The number of fused-ring (bicyclic) bond motifs is 1. The summed E-state index contributed by atoms with van der Waals surface area (Å²) in [4.78, 5) is 49.9. The number of anilines is 2. The highest BCUT2D eigenvalue weighted by Crippen LogP contribution is 2.72. The summed E-state index contributed by atoms with van der Waals surface area (Å²) in [7, 11) is 0. The molecule has 240 valence electrons. The zero-order valence-corrected chi connectivity index (χ0v) is 28.1. The maximum absolute atomic E-state index is 15.1. The molecule has 7 nitrogen and oxygen atoms in total. The number of rotatable bonds is 12. The summed E-state index contributed by atoms with van der Waals surface area (Å²) in [5.74, 6) is -1.63. The van der Waals surface area contributed by atoms with Crippen LogP contribution in [0.1, 0.15) is 51.2 Å². The average molecular weight is 630 g/mol. The molecule has 3 aliphatic heterocycles. The fraction of sp³-hybridized carbons (Fsp3) is 0.486. The van der Waals surface area contributed by atoms with Gasteiger partial charge in [0.15, 0.2) is 0 Å². The number of nitrogens with zero attached hydrogens (tertiary/aromatic N) is 3. The number of para-hydroxylation sites is 2. The van der Waals surface area contributed by atoms with Gasteiger partial charge in [0.25, 0.3) is 5.91 Å². The van der Waals surface area contributed by atoms with E-state index in [4.69, 9.17) is 0 Å². The molecule has 3 aliphatic rings. The molecule has 8 heteroatoms. The van der Waals surface area contributed by atoms with Gasteiger partial charge in [0.1, 0.15) is 6.04 Å². The number of thioether (sulfide) groups is 1. The van der Waals surface area contributed by atoms with Gasteiger partial charge in [0.05, 0.1) is 29.2 Å². The molecule has 3 fully saturated rings. The summed E-state index contributed by atoms with van der Waals surface area (Å²) in [6, 6.07) is 14.1. The van der Waals surface area contributed by atoms with Crippen molar-refractivity contribution in [3.63, 3.8) is 0 Å². The van der Waals surface area contributed by atoms with Crippen LogP contribution < -0.4 is 9.80 Å². The van der Waals surface area contributed by atoms with Crippen LogP contribution >= 0.6 is 11.8 Å². The number of aliphatic hydroxyl groups excluding tert-OH is 1. The summed E-state index contributed by atoms with van der Waals surface area (Å²) in [5, 5.41) is 10.7. The monoisotopic (exact) mass is 629 g/mol. The Morgan fingerprint density at radius 2 is 1.62 bits per heavy atom. The maximum atomic E-state index is 15.1. The molecule has 0 aliphatic carbocycles. The fourth-order valence-corrected chi connectivity index (χ4v) is 10.6. The normalized spacial score (nSPS) is 27.4. The van der Waals surface area contributed by atoms with Gasteiger partial charge in [0.2, 0.25) is 11.8 Å². The van der Waals surface area contributed by atoms with Crippen molar-refractivity contribution in [1.82, 2.24) is 4.90 Å². The van der Waals surface area contributed by atoms with E-state index in [0.717, 1.165) is 22.5 Å². The Balaban J connectivity index is 1.66. The van der Waals surface area contributed by atoms with E-state index in [2.05, 4.69) is 33.9 Å². The van der Waals surface area contributed by atoms with Gasteiger partial charge in [0, 0.05) is 29.2 Å². The molecule has 5 rings (SSSR count). The second-order valence-electron chi connectivity index (χ2n) is 13.5. The number of carbonyl (C=O) groups is 3. The lowest BCUT2D eigenvalue weighted by Crippen LogP contribution is -2.58. The highest BCUT2D eigenvalue weighted by molar-refractivity contribution is 8.02. The van der Waals surface area contributed by atoms with E-state index in [1.165, 1.54) is 0 Å². The van der Waals surface area contributed by atoms with Crippen LogP contribution in [0.4, 0.5) is 11.4 Å². The van der Waals surface area contributed by atoms with E-state index in [-0.39, 0.29) is 36.8 Å². The molecular weight excluding hydrogens is 582 g/mol. The maximum Gasteiger partial charge on any atom is 0.251 e. The molecular formula is C37H47N3O4S. The Bertz CT molecular complexity index is 1460. The quantitative estimate of drug-likeness (QED) is 0.295. The number of amides is 3. The molecule has 2 aromatic carbocycles. The van der Waals surface area contributed by atoms with Gasteiger partial charge >= 0.3 is 0 Å². The highest BCUT2D eigenvalue weighted by Gasteiger charge is 2.78. The molecule has 0 radical (unpaired) electrons. The van der Waals surface area contributed by atoms with Gasteiger partial charge in [-0.15, -0.1) is 24.9 Å². The molecule has 2 aromatic rings. The predicted molar refractivity (Wildman–Crippen MR) is 183 cm³/mol. The minimum absolute atomic E-state index is 0.119. The van der Waals surface area contributed by atoms with Crippen molar-refractivity contribution in [1.29, 1.82) is 0 Å². The second kappa shape index (κ2) is 12.8. The van der Waals surface area contributed by atoms with Crippen LogP contribution in [-0.2, 0) is 14.4 Å². The van der Waals surface area contributed by atoms with Gasteiger partial charge in [-0.2, -0.15) is 0 Å². The SMILES string of the molecule is C=CCN(C(=O)[C@H]1[C@H]2C(=O)N([C@@H](CO)CC(C)C)C(C(=O)N(CC=C)c3c(C)cccc3C)C23CC[C@]1(C)S3)c1ccccc1. The third-order valence-electron chi connectivity index (χ3n) is 9.99. The molecule has 0 aromatic heterocycles. The van der Waals surface area contributed by atoms with Crippen LogP contribution in [0.3, 0.4) is 0 Å². The molecule has 1 N–H and O–H groups in total. The lowest BCUT2D eigenvalue weighted by Gasteiger charge is -2.40. The molecule has 3 amide bonds. The first kappa shape index (κ1) is 33.0. The van der Waals surface area contributed by atoms with E-state index in [0.29, 0.717) is 25.8 Å². The Morgan fingerprint density at radius 1 is 1.00 bits per heavy atom. The van der Waals surface area contributed by atoms with E-state index < -0.39 is 33.4 Å². The Hall–Kier alpha value is -3.36. The topological polar surface area (TPSA) is 81.2 Å². The summed E-state index contributed by atoms with van der Waals surface area (Å²) in [5.41, 5.74) is 3.49. The molecule has 3 heterocycles. The number of carbonyl (C=O) groups excluding carboxylic acids is 3. The molecule has 0 saturated carbocycles. The summed E-state index contributed by atoms with van der Waals surface area (Å²) < 4.78 is -1.33. The van der Waals surface area contributed by atoms with Crippen LogP contribution in [0, 0.1) is 31.6 Å². The first-order chi connectivity index (χ1) is 21.5. The van der Waals surface area contributed by atoms with Gasteiger partial charge in [-0.3, -0.25) is 14.4 Å². The molecule has 1 spiro atoms. The lowest BCUT2D eigenvalue weighted by atomic mass is 9.66. The Morgan fingerprint density at radius 3 is 2.20 bits per heavy atom. The predicted octanol–water partition coefficient (Wildman–Crippen LogP) is 5.93. The zero-order chi connectivity index (χ0) is 32.7. The minimum Gasteiger partial charge on any atom is -0.394 e. The van der Waals surface area contributed by atoms with E-state index >= 15 is 4.79 Å². The summed E-state index contributed by atoms with van der Waals surface area (Å²) in [6.07, 6.45) is 5.33. The van der Waals surface area contributed by atoms with Crippen molar-refractivity contribution in [2.45, 2.75) is 75.5 Å². The number of aliphatic hydroxyl groups is 1. The number of hydrogen-bond acceptors (Lipinski definition) is 5. The Kier molecular flexibility index (Phi) is 9.39. The first-order valence-corrected chi connectivity index (χ1v) is 16.9. The minimum atomic E-state index is -0.834. The first-order valence-electron chi connectivity index (χ1n) is 16.0. The number of benzene rings is 2. The van der Waals surface area contributed by atoms with Crippen LogP contribution in [0.5, 0.6) is 0 Å². The third-order valence-corrected chi connectivity index (χ3v) is 12.0. The van der Waals surface area contributed by atoms with Crippen molar-refractivity contribution in [3.8, 4) is 0 Å². The smallest absolute Gasteiger partial charge is 0.251 e. The molecule has 45 heavy (non-hydrogen) atoms. The van der Waals surface area contributed by atoms with Crippen molar-refractivity contribution < 1.29 is 19.5 Å². The average Bonchev–Trinajstić information content (AvgIpc) is 3.58. The van der Waals surface area contributed by atoms with Gasteiger partial charge < -0.3 is 19.8 Å². The molecule has 3 saturated heterocycles. The zero-order valence-electron chi connectivity index (χ0n) is 27.2. The van der Waals surface area contributed by atoms with Crippen LogP contribution in [0.2, 0.25) is 0 Å². The van der Waals surface area contributed by atoms with Gasteiger partial charge in [-0.1, -0.05) is 62.4 Å². The fourth-order valence-electron chi connectivity index (χ4n) is 8.26. The molecule has 2 unspecified atom stereocenters. The molecule has 6 atom stereocenters. The molecule has 2 bridgehead atoms. The van der Waals surface area contributed by atoms with Crippen LogP contribution in [0.25, 0.3) is 0 Å². The second-order valence-corrected chi connectivity index (χ2v) is 15.4. The number of hydrogen-bond donors (Lipinski definition) is 1. The van der Waals surface area contributed by atoms with Crippen LogP contribution in [0.15, 0.2) is 73.8 Å². The lowest BCUT2D eigenvalue weighted by molar-refractivity contribution is -0.142. The van der Waals surface area contributed by atoms with Gasteiger partial charge in [-0.05, 0) is 69.2 Å². The van der Waals surface area contributed by atoms with E-state index in [9.17, 15) is 14.7 Å². The highest BCUT2D eigenvalue weighted by atomic mass is 32.2. The van der Waals surface area contributed by atoms with Crippen molar-refractivity contribution in [2.24, 2.45) is 17.8 Å². The largest absolute Gasteiger partial charge is 0.394 e. The standard InChI is InChI=1S/C37H47N3O4S/c1-8-20-38(27-16-11-10-12-17-27)33(42)29-30-34(43)40(28(23-41)22-24(3)4)32(37(30)19-18-36(29,7)45-37)35(44)39(21-9-2)31-25(5)14-13-15-26(31)6/h8-17,24,28-30,32,41H,1-2,18-23H2,3-7H3/t28-,29-,30+,32?,36+,37?/m1/s1. The third kappa shape index (κ3) is 5.44. The van der Waals surface area contributed by atoms with E-state index in [1.807, 2.05) is 62.4 Å².